The molecule has 7 aliphatic heterocycles. The first-order valence-electron chi connectivity index (χ1n) is 26.4. The van der Waals surface area contributed by atoms with Gasteiger partial charge in [-0.3, -0.25) is 4.79 Å². The average molecular weight is 1040 g/mol. The van der Waals surface area contributed by atoms with Gasteiger partial charge in [-0.1, -0.05) is 70.6 Å². The van der Waals surface area contributed by atoms with Gasteiger partial charge in [0.15, 0.2) is 24.7 Å². The van der Waals surface area contributed by atoms with E-state index >= 15 is 0 Å². The van der Waals surface area contributed by atoms with Crippen molar-refractivity contribution < 1.29 is 92.3 Å². The third-order valence-electron chi connectivity index (χ3n) is 16.6. The van der Waals surface area contributed by atoms with E-state index in [0.29, 0.717) is 30.4 Å². The molecular weight excluding hydrogens is 953 g/mol. The molecule has 0 aromatic heterocycles. The lowest BCUT2D eigenvalue weighted by Crippen LogP contribution is -2.62. The highest BCUT2D eigenvalue weighted by Gasteiger charge is 2.60. The molecule has 5 saturated heterocycles. The zero-order valence-corrected chi connectivity index (χ0v) is 44.0. The molecule has 19 heteroatoms. The summed E-state index contributed by atoms with van der Waals surface area (Å²) in [6.07, 6.45) is -0.438. The van der Waals surface area contributed by atoms with Crippen LogP contribution in [0.15, 0.2) is 59.3 Å². The number of aliphatic hydroxyl groups is 6. The molecule has 2 bridgehead atoms. The fraction of sp³-hybridized carbons (Fsp3) is 0.796. The van der Waals surface area contributed by atoms with E-state index in [4.69, 9.17) is 56.8 Å². The molecule has 1 aliphatic carbocycles. The van der Waals surface area contributed by atoms with Crippen molar-refractivity contribution >= 4 is 5.97 Å². The van der Waals surface area contributed by atoms with Crippen LogP contribution in [0.3, 0.4) is 0 Å². The Morgan fingerprint density at radius 2 is 1.48 bits per heavy atom. The Hall–Kier alpha value is -2.51. The molecule has 73 heavy (non-hydrogen) atoms. The van der Waals surface area contributed by atoms with Crippen LogP contribution in [0.4, 0.5) is 0 Å². The quantitative estimate of drug-likeness (QED) is 0.128. The van der Waals surface area contributed by atoms with Crippen molar-refractivity contribution in [2.75, 3.05) is 27.4 Å². The molecule has 0 aromatic rings. The third-order valence-corrected chi connectivity index (χ3v) is 16.6. The lowest BCUT2D eigenvalue weighted by Gasteiger charge is -2.48. The maximum Gasteiger partial charge on any atom is 0.316 e. The maximum atomic E-state index is 14.4. The topological polar surface area (TPSA) is 249 Å². The Kier molecular flexibility index (Phi) is 18.3. The predicted octanol–water partition coefficient (Wildman–Crippen LogP) is 3.20. The van der Waals surface area contributed by atoms with E-state index in [9.17, 15) is 35.4 Å². The third kappa shape index (κ3) is 11.7. The Morgan fingerprint density at radius 1 is 0.808 bits per heavy atom. The van der Waals surface area contributed by atoms with Gasteiger partial charge in [-0.25, -0.2) is 0 Å². The molecule has 8 rings (SSSR count). The van der Waals surface area contributed by atoms with E-state index in [2.05, 4.69) is 32.9 Å². The molecule has 0 amide bonds. The Balaban J connectivity index is 1.01. The van der Waals surface area contributed by atoms with Crippen LogP contribution < -0.4 is 0 Å². The maximum absolute atomic E-state index is 14.4. The predicted molar refractivity (Wildman–Crippen MR) is 260 cm³/mol. The summed E-state index contributed by atoms with van der Waals surface area (Å²) in [6.45, 7) is 15.3. The Morgan fingerprint density at radius 3 is 2.14 bits per heavy atom. The molecule has 8 aliphatic rings. The van der Waals surface area contributed by atoms with Crippen LogP contribution in [0.1, 0.15) is 93.9 Å². The highest BCUT2D eigenvalue weighted by Crippen LogP contribution is 2.47. The fourth-order valence-electron chi connectivity index (χ4n) is 12.1. The van der Waals surface area contributed by atoms with Crippen molar-refractivity contribution in [3.05, 3.63) is 59.3 Å². The van der Waals surface area contributed by atoms with E-state index in [1.807, 2.05) is 39.0 Å². The van der Waals surface area contributed by atoms with Crippen LogP contribution in [0, 0.1) is 23.7 Å². The zero-order valence-electron chi connectivity index (χ0n) is 44.0. The monoisotopic (exact) mass is 1030 g/mol. The molecule has 5 fully saturated rings. The number of methoxy groups -OCH3 is 2. The van der Waals surface area contributed by atoms with E-state index in [1.165, 1.54) is 7.11 Å². The van der Waals surface area contributed by atoms with Crippen molar-refractivity contribution in [1.29, 1.82) is 0 Å². The number of allylic oxidation sites excluding steroid dienone is 2. The van der Waals surface area contributed by atoms with Gasteiger partial charge in [0.25, 0.3) is 0 Å². The number of esters is 1. The van der Waals surface area contributed by atoms with Crippen molar-refractivity contribution in [2.24, 2.45) is 23.7 Å². The summed E-state index contributed by atoms with van der Waals surface area (Å²) in [7, 11) is 3.12. The first kappa shape index (κ1) is 56.7. The molecular formula is C54H82O19. The van der Waals surface area contributed by atoms with Crippen molar-refractivity contribution in [2.45, 2.75) is 222 Å². The first-order chi connectivity index (χ1) is 34.7. The molecule has 1 spiro atoms. The van der Waals surface area contributed by atoms with Gasteiger partial charge in [0.2, 0.25) is 0 Å². The van der Waals surface area contributed by atoms with E-state index < -0.39 is 140 Å². The summed E-state index contributed by atoms with van der Waals surface area (Å²) in [6, 6.07) is 0. The van der Waals surface area contributed by atoms with Gasteiger partial charge in [-0.05, 0) is 62.8 Å². The highest BCUT2D eigenvalue weighted by molar-refractivity contribution is 5.78. The van der Waals surface area contributed by atoms with E-state index in [1.54, 1.807) is 33.1 Å². The number of aliphatic hydroxyl groups excluding tert-OH is 5. The molecule has 0 aromatic carbocycles. The van der Waals surface area contributed by atoms with Gasteiger partial charge in [-0.2, -0.15) is 0 Å². The summed E-state index contributed by atoms with van der Waals surface area (Å²) in [5, 5.41) is 64.8. The minimum Gasteiger partial charge on any atom is -0.462 e. The molecule has 19 nitrogen and oxygen atoms in total. The van der Waals surface area contributed by atoms with E-state index in [-0.39, 0.29) is 43.3 Å². The summed E-state index contributed by atoms with van der Waals surface area (Å²) in [5.41, 5.74) is -0.000861. The minimum absolute atomic E-state index is 0.000131. The summed E-state index contributed by atoms with van der Waals surface area (Å²) in [4.78, 5) is 14.4. The number of rotatable bonds is 11. The van der Waals surface area contributed by atoms with Gasteiger partial charge < -0.3 is 87.5 Å². The molecule has 0 radical (unpaired) electrons. The lowest BCUT2D eigenvalue weighted by atomic mass is 9.71. The van der Waals surface area contributed by atoms with Crippen molar-refractivity contribution in [3.63, 3.8) is 0 Å². The van der Waals surface area contributed by atoms with Gasteiger partial charge in [0.05, 0.1) is 55.9 Å². The fourth-order valence-corrected chi connectivity index (χ4v) is 12.1. The number of hydrogen-bond acceptors (Lipinski definition) is 19. The van der Waals surface area contributed by atoms with Crippen LogP contribution in [0.5, 0.6) is 0 Å². The molecule has 0 saturated carbocycles. The second-order valence-electron chi connectivity index (χ2n) is 21.8. The minimum atomic E-state index is -1.87. The standard InChI is InChI=1S/C54H82O19/c1-11-26(2)47-29(5)17-18-53(73-47)23-35-20-34(72-53)16-15-28(4)46(27(3)13-12-14-33-25-64-50-42(56)30(6)19-36(51(60)67-35)54(33,50)61)69-40-21-37(62-9)48(31(7)65-40)70-41-22-38(63-10)49(32(8)66-41)71-52-45(59)44(58)43(57)39(24-55)68-52/h12-15,17-19,26-27,29,31-32,34-50,52,55-59,61H,11,16,20-25H2,1-10H3/b13-12+,28-15-,33-14-/t26-,27-,29-,31-,32-,34+,35+,36-,37-,38-,39+,40-,41-,42+,43-,44-,45+,46-,47+,48-,49-,50-,52-,53+,54-/m0/s1. The molecule has 7 heterocycles. The van der Waals surface area contributed by atoms with Crippen LogP contribution in [-0.4, -0.2) is 192 Å². The SMILES string of the molecule is CC[C@H](C)[C@H]1O[C@]2(C=C[C@@H]1C)C[C@H]1C[C@@H](C/C=C(/C)[C@@H](O[C@H]3C[C@H](OC)[C@@H](O[C@H]4C[C@H](OC)[C@@H](O[C@@H]5O[C@H](CO)[C@H](O)[C@H](O)[C@H]5O)[C@H](C)O4)[C@H](C)O3)[C@@H](C)/C=C/C=C3/CO[C@H]4[C@H](O)C(C)=C[C@@H](C(=O)O1)[C@@]34O)O2. The first-order valence-corrected chi connectivity index (χ1v) is 26.4. The van der Waals surface area contributed by atoms with Crippen LogP contribution in [0.2, 0.25) is 0 Å². The average Bonchev–Trinajstić information content (AvgIpc) is 3.71. The van der Waals surface area contributed by atoms with Gasteiger partial charge >= 0.3 is 5.97 Å². The molecule has 25 atom stereocenters. The second kappa shape index (κ2) is 23.6. The lowest BCUT2D eigenvalue weighted by molar-refractivity contribution is -0.353. The normalized spacial score (nSPS) is 49.9. The second-order valence-corrected chi connectivity index (χ2v) is 21.8. The van der Waals surface area contributed by atoms with Crippen LogP contribution >= 0.6 is 0 Å². The summed E-state index contributed by atoms with van der Waals surface area (Å²) >= 11 is 0. The van der Waals surface area contributed by atoms with Crippen LogP contribution in [0.25, 0.3) is 0 Å². The van der Waals surface area contributed by atoms with Crippen molar-refractivity contribution in [3.8, 4) is 0 Å². The van der Waals surface area contributed by atoms with Gasteiger partial charge in [0, 0.05) is 51.7 Å². The summed E-state index contributed by atoms with van der Waals surface area (Å²) in [5.74, 6) is -2.77. The molecule has 6 N–H and O–H groups in total. The Labute approximate surface area is 429 Å². The van der Waals surface area contributed by atoms with Crippen molar-refractivity contribution in [1.82, 2.24) is 0 Å². The number of fused-ring (bicyclic) bond motifs is 2. The highest BCUT2D eigenvalue weighted by atomic mass is 16.8. The molecule has 0 unspecified atom stereocenters. The van der Waals surface area contributed by atoms with Gasteiger partial charge in [-0.15, -0.1) is 0 Å². The zero-order chi connectivity index (χ0) is 52.7. The number of carbonyl (C=O) groups excluding carboxylic acids is 1. The van der Waals surface area contributed by atoms with Gasteiger partial charge in [0.1, 0.15) is 66.5 Å². The number of carbonyl (C=O) groups is 1. The number of hydrogen-bond donors (Lipinski definition) is 6. The van der Waals surface area contributed by atoms with Crippen LogP contribution in [-0.2, 0) is 61.6 Å². The molecule has 412 valence electrons. The largest absolute Gasteiger partial charge is 0.462 e. The number of ether oxygens (including phenoxy) is 12. The summed E-state index contributed by atoms with van der Waals surface area (Å²) < 4.78 is 76.4. The smallest absolute Gasteiger partial charge is 0.316 e. The Bertz CT molecular complexity index is 2040. The van der Waals surface area contributed by atoms with E-state index in [0.717, 1.165) is 12.0 Å².